The number of hydrogen-bond acceptors (Lipinski definition) is 4. The lowest BCUT2D eigenvalue weighted by molar-refractivity contribution is -0.136. The van der Waals surface area contributed by atoms with Gasteiger partial charge in [-0.1, -0.05) is 11.8 Å². The van der Waals surface area contributed by atoms with Crippen molar-refractivity contribution >= 4 is 17.7 Å². The second kappa shape index (κ2) is 4.18. The minimum absolute atomic E-state index is 0.454. The maximum atomic E-state index is 10.7. The number of aliphatic carboxylic acids is 1. The van der Waals surface area contributed by atoms with Gasteiger partial charge in [-0.05, 0) is 26.2 Å². The van der Waals surface area contributed by atoms with E-state index < -0.39 is 11.2 Å². The van der Waals surface area contributed by atoms with Crippen molar-refractivity contribution in [2.45, 2.75) is 36.5 Å². The third kappa shape index (κ3) is 2.12. The van der Waals surface area contributed by atoms with E-state index in [4.69, 9.17) is 5.11 Å². The van der Waals surface area contributed by atoms with Gasteiger partial charge in [0, 0.05) is 11.3 Å². The van der Waals surface area contributed by atoms with Gasteiger partial charge in [-0.3, -0.25) is 4.79 Å². The monoisotopic (exact) mass is 224 g/mol. The van der Waals surface area contributed by atoms with Gasteiger partial charge in [0.2, 0.25) is 0 Å². The Hall–Kier alpha value is -1.10. The number of carboxylic acids is 1. The molecule has 0 spiro atoms. The first-order valence-electron chi connectivity index (χ1n) is 4.90. The maximum absolute atomic E-state index is 10.7. The Labute approximate surface area is 92.1 Å². The van der Waals surface area contributed by atoms with Gasteiger partial charge in [-0.15, -0.1) is 0 Å². The van der Waals surface area contributed by atoms with Crippen LogP contribution in [0.3, 0.4) is 0 Å². The Morgan fingerprint density at radius 1 is 1.53 bits per heavy atom. The van der Waals surface area contributed by atoms with E-state index in [0.29, 0.717) is 0 Å². The molecule has 1 aromatic rings. The molecular formula is C10H12N2O2S. The molecule has 0 saturated carbocycles. The zero-order valence-electron chi connectivity index (χ0n) is 8.43. The van der Waals surface area contributed by atoms with Crippen LogP contribution in [0.1, 0.15) is 24.6 Å². The number of fused-ring (bicyclic) bond motifs is 1. The van der Waals surface area contributed by atoms with E-state index in [2.05, 4.69) is 9.97 Å². The van der Waals surface area contributed by atoms with Crippen LogP contribution in [0.2, 0.25) is 0 Å². The number of rotatable bonds is 3. The molecule has 1 aliphatic carbocycles. The Bertz CT molecular complexity index is 395. The molecule has 2 rings (SSSR count). The molecule has 1 aromatic heterocycles. The largest absolute Gasteiger partial charge is 0.480 e. The number of carbonyl (C=O) groups is 1. The van der Waals surface area contributed by atoms with Crippen molar-refractivity contribution in [1.82, 2.24) is 9.97 Å². The lowest BCUT2D eigenvalue weighted by Gasteiger charge is -2.08. The van der Waals surface area contributed by atoms with E-state index in [1.807, 2.05) is 0 Å². The molecule has 0 saturated heterocycles. The third-order valence-corrected chi connectivity index (χ3v) is 3.60. The fraction of sp³-hybridized carbons (Fsp3) is 0.500. The maximum Gasteiger partial charge on any atom is 0.316 e. The van der Waals surface area contributed by atoms with E-state index in [0.717, 1.165) is 35.5 Å². The van der Waals surface area contributed by atoms with Crippen molar-refractivity contribution in [3.05, 3.63) is 17.6 Å². The standard InChI is InChI=1S/C10H12N2O2S/c1-6(10(13)14)15-9-7-3-2-4-8(7)11-5-12-9/h5-6H,2-4H2,1H3,(H,13,14). The van der Waals surface area contributed by atoms with Crippen LogP contribution < -0.4 is 0 Å². The average molecular weight is 224 g/mol. The number of carboxylic acid groups (broad SMARTS) is 1. The second-order valence-electron chi connectivity index (χ2n) is 3.56. The topological polar surface area (TPSA) is 63.1 Å². The van der Waals surface area contributed by atoms with Crippen molar-refractivity contribution in [3.8, 4) is 0 Å². The van der Waals surface area contributed by atoms with Crippen molar-refractivity contribution in [3.63, 3.8) is 0 Å². The molecule has 1 heterocycles. The minimum atomic E-state index is -0.801. The van der Waals surface area contributed by atoms with Crippen LogP contribution in [0.15, 0.2) is 11.4 Å². The highest BCUT2D eigenvalue weighted by molar-refractivity contribution is 8.00. The fourth-order valence-electron chi connectivity index (χ4n) is 1.65. The average Bonchev–Trinajstić information content (AvgIpc) is 2.66. The highest BCUT2D eigenvalue weighted by Gasteiger charge is 2.21. The number of hydrogen-bond donors (Lipinski definition) is 1. The van der Waals surface area contributed by atoms with Gasteiger partial charge in [-0.25, -0.2) is 9.97 Å². The first kappa shape index (κ1) is 10.4. The van der Waals surface area contributed by atoms with Crippen LogP contribution in [0, 0.1) is 0 Å². The lowest BCUT2D eigenvalue weighted by atomic mass is 10.3. The molecule has 1 unspecified atom stereocenters. The van der Waals surface area contributed by atoms with Crippen molar-refractivity contribution in [2.75, 3.05) is 0 Å². The number of aromatic nitrogens is 2. The molecule has 80 valence electrons. The first-order valence-corrected chi connectivity index (χ1v) is 5.78. The highest BCUT2D eigenvalue weighted by atomic mass is 32.2. The summed E-state index contributed by atoms with van der Waals surface area (Å²) >= 11 is 1.31. The highest BCUT2D eigenvalue weighted by Crippen LogP contribution is 2.30. The van der Waals surface area contributed by atoms with Gasteiger partial charge in [0.1, 0.15) is 16.6 Å². The van der Waals surface area contributed by atoms with Gasteiger partial charge in [-0.2, -0.15) is 0 Å². The SMILES string of the molecule is CC(Sc1ncnc2c1CCC2)C(=O)O. The predicted molar refractivity (Wildman–Crippen MR) is 57.0 cm³/mol. The first-order chi connectivity index (χ1) is 7.18. The molecule has 0 aromatic carbocycles. The van der Waals surface area contributed by atoms with Crippen molar-refractivity contribution in [2.24, 2.45) is 0 Å². The molecule has 0 bridgehead atoms. The molecule has 0 aliphatic heterocycles. The Morgan fingerprint density at radius 3 is 3.07 bits per heavy atom. The molecule has 0 fully saturated rings. The van der Waals surface area contributed by atoms with E-state index in [9.17, 15) is 4.79 Å². The zero-order chi connectivity index (χ0) is 10.8. The summed E-state index contributed by atoms with van der Waals surface area (Å²) < 4.78 is 0. The van der Waals surface area contributed by atoms with E-state index in [1.54, 1.807) is 6.92 Å². The summed E-state index contributed by atoms with van der Waals surface area (Å²) in [6.45, 7) is 1.68. The second-order valence-corrected chi connectivity index (χ2v) is 4.89. The van der Waals surface area contributed by atoms with Crippen LogP contribution in [-0.2, 0) is 17.6 Å². The van der Waals surface area contributed by atoms with Crippen molar-refractivity contribution < 1.29 is 9.90 Å². The molecule has 1 aliphatic rings. The summed E-state index contributed by atoms with van der Waals surface area (Å²) in [5.74, 6) is -0.801. The van der Waals surface area contributed by atoms with Gasteiger partial charge in [0.15, 0.2) is 0 Å². The molecular weight excluding hydrogens is 212 g/mol. The normalized spacial score (nSPS) is 16.1. The van der Waals surface area contributed by atoms with Gasteiger partial charge < -0.3 is 5.11 Å². The molecule has 0 radical (unpaired) electrons. The summed E-state index contributed by atoms with van der Waals surface area (Å²) in [6, 6.07) is 0. The molecule has 4 nitrogen and oxygen atoms in total. The molecule has 1 N–H and O–H groups in total. The Morgan fingerprint density at radius 2 is 2.33 bits per heavy atom. The molecule has 5 heteroatoms. The number of thioether (sulfide) groups is 1. The summed E-state index contributed by atoms with van der Waals surface area (Å²) in [6.07, 6.45) is 4.60. The summed E-state index contributed by atoms with van der Waals surface area (Å²) in [5.41, 5.74) is 2.24. The van der Waals surface area contributed by atoms with Gasteiger partial charge in [0.05, 0.1) is 0 Å². The number of aryl methyl sites for hydroxylation is 1. The quantitative estimate of drug-likeness (QED) is 0.623. The predicted octanol–water partition coefficient (Wildman–Crippen LogP) is 1.53. The molecule has 15 heavy (non-hydrogen) atoms. The van der Waals surface area contributed by atoms with Crippen LogP contribution in [0.4, 0.5) is 0 Å². The smallest absolute Gasteiger partial charge is 0.316 e. The minimum Gasteiger partial charge on any atom is -0.480 e. The number of nitrogens with zero attached hydrogens (tertiary/aromatic N) is 2. The Kier molecular flexibility index (Phi) is 2.90. The summed E-state index contributed by atoms with van der Waals surface area (Å²) in [4.78, 5) is 19.1. The van der Waals surface area contributed by atoms with E-state index in [1.165, 1.54) is 18.1 Å². The van der Waals surface area contributed by atoms with Crippen LogP contribution in [0.5, 0.6) is 0 Å². The fourth-order valence-corrected chi connectivity index (χ4v) is 2.55. The van der Waals surface area contributed by atoms with Crippen LogP contribution in [-0.4, -0.2) is 26.3 Å². The van der Waals surface area contributed by atoms with Crippen LogP contribution >= 0.6 is 11.8 Å². The van der Waals surface area contributed by atoms with E-state index >= 15 is 0 Å². The molecule has 0 amide bonds. The van der Waals surface area contributed by atoms with Gasteiger partial charge in [0.25, 0.3) is 0 Å². The summed E-state index contributed by atoms with van der Waals surface area (Å²) in [7, 11) is 0. The molecule has 1 atom stereocenters. The van der Waals surface area contributed by atoms with Crippen LogP contribution in [0.25, 0.3) is 0 Å². The van der Waals surface area contributed by atoms with Gasteiger partial charge >= 0.3 is 5.97 Å². The third-order valence-electron chi connectivity index (χ3n) is 2.47. The lowest BCUT2D eigenvalue weighted by Crippen LogP contribution is -2.12. The van der Waals surface area contributed by atoms with Crippen molar-refractivity contribution in [1.29, 1.82) is 0 Å². The zero-order valence-corrected chi connectivity index (χ0v) is 9.25. The Balaban J connectivity index is 2.22. The van der Waals surface area contributed by atoms with E-state index in [-0.39, 0.29) is 0 Å². The summed E-state index contributed by atoms with van der Waals surface area (Å²) in [5, 5.41) is 9.21.